The number of rotatable bonds is 4. The average molecular weight is 259 g/mol. The first-order valence-electron chi connectivity index (χ1n) is 6.23. The molecule has 2 aromatic rings. The molecule has 100 valence electrons. The lowest BCUT2D eigenvalue weighted by molar-refractivity contribution is 0.410. The highest BCUT2D eigenvalue weighted by Crippen LogP contribution is 2.21. The minimum atomic E-state index is -0.223. The Morgan fingerprint density at radius 3 is 2.53 bits per heavy atom. The van der Waals surface area contributed by atoms with Gasteiger partial charge in [0.15, 0.2) is 0 Å². The quantitative estimate of drug-likeness (QED) is 0.894. The van der Waals surface area contributed by atoms with E-state index in [1.165, 1.54) is 17.7 Å². The Morgan fingerprint density at radius 2 is 1.84 bits per heavy atom. The summed E-state index contributed by atoms with van der Waals surface area (Å²) in [5.74, 6) is 0.616. The van der Waals surface area contributed by atoms with Crippen LogP contribution in [0.5, 0.6) is 5.75 Å². The number of anilines is 1. The molecule has 2 nitrogen and oxygen atoms in total. The van der Waals surface area contributed by atoms with Crippen LogP contribution in [0.1, 0.15) is 16.7 Å². The summed E-state index contributed by atoms with van der Waals surface area (Å²) in [5, 5.41) is 3.22. The zero-order valence-corrected chi connectivity index (χ0v) is 11.5. The number of benzene rings is 2. The van der Waals surface area contributed by atoms with Gasteiger partial charge < -0.3 is 10.1 Å². The van der Waals surface area contributed by atoms with Crippen LogP contribution in [-0.4, -0.2) is 7.11 Å². The van der Waals surface area contributed by atoms with Crippen LogP contribution in [0.2, 0.25) is 0 Å². The molecule has 0 fully saturated rings. The van der Waals surface area contributed by atoms with Crippen molar-refractivity contribution < 1.29 is 9.13 Å². The lowest BCUT2D eigenvalue weighted by Crippen LogP contribution is -2.02. The van der Waals surface area contributed by atoms with E-state index in [4.69, 9.17) is 4.74 Å². The van der Waals surface area contributed by atoms with Crippen LogP contribution in [0, 0.1) is 19.7 Å². The van der Waals surface area contributed by atoms with Gasteiger partial charge in [0.25, 0.3) is 0 Å². The molecule has 0 saturated heterocycles. The van der Waals surface area contributed by atoms with Crippen LogP contribution in [0.4, 0.5) is 10.1 Å². The second-order valence-corrected chi connectivity index (χ2v) is 4.69. The van der Waals surface area contributed by atoms with Crippen molar-refractivity contribution >= 4 is 5.69 Å². The summed E-state index contributed by atoms with van der Waals surface area (Å²) in [6, 6.07) is 11.0. The fourth-order valence-electron chi connectivity index (χ4n) is 2.08. The minimum absolute atomic E-state index is 0.223. The number of hydrogen-bond donors (Lipinski definition) is 1. The molecule has 19 heavy (non-hydrogen) atoms. The van der Waals surface area contributed by atoms with Crippen molar-refractivity contribution in [2.24, 2.45) is 0 Å². The van der Waals surface area contributed by atoms with E-state index in [2.05, 4.69) is 11.4 Å². The third-order valence-electron chi connectivity index (χ3n) is 2.96. The number of hydrogen-bond acceptors (Lipinski definition) is 2. The maximum atomic E-state index is 13.3. The number of halogens is 1. The van der Waals surface area contributed by atoms with Gasteiger partial charge in [-0.3, -0.25) is 0 Å². The summed E-state index contributed by atoms with van der Waals surface area (Å²) in [4.78, 5) is 0. The van der Waals surface area contributed by atoms with E-state index in [-0.39, 0.29) is 5.82 Å². The van der Waals surface area contributed by atoms with E-state index in [1.807, 2.05) is 32.0 Å². The van der Waals surface area contributed by atoms with Gasteiger partial charge in [0, 0.05) is 17.8 Å². The molecule has 0 aromatic heterocycles. The van der Waals surface area contributed by atoms with Crippen LogP contribution >= 0.6 is 0 Å². The first-order chi connectivity index (χ1) is 9.08. The van der Waals surface area contributed by atoms with E-state index in [1.54, 1.807) is 7.11 Å². The molecule has 0 radical (unpaired) electrons. The Morgan fingerprint density at radius 1 is 1.05 bits per heavy atom. The molecule has 0 aliphatic carbocycles. The highest BCUT2D eigenvalue weighted by Gasteiger charge is 2.04. The Bertz CT molecular complexity index is 561. The molecular weight excluding hydrogens is 241 g/mol. The summed E-state index contributed by atoms with van der Waals surface area (Å²) in [5.41, 5.74) is 3.91. The van der Waals surface area contributed by atoms with Gasteiger partial charge in [-0.05, 0) is 43.7 Å². The van der Waals surface area contributed by atoms with Gasteiger partial charge in [0.1, 0.15) is 11.6 Å². The van der Waals surface area contributed by atoms with Crippen molar-refractivity contribution in [2.45, 2.75) is 20.4 Å². The molecule has 0 atom stereocenters. The Kier molecular flexibility index (Phi) is 4.05. The summed E-state index contributed by atoms with van der Waals surface area (Å²) in [7, 11) is 1.65. The zero-order chi connectivity index (χ0) is 13.8. The molecule has 0 unspecified atom stereocenters. The molecule has 0 spiro atoms. The van der Waals surface area contributed by atoms with E-state index in [0.717, 1.165) is 22.6 Å². The fourth-order valence-corrected chi connectivity index (χ4v) is 2.08. The number of nitrogens with one attached hydrogen (secondary N) is 1. The van der Waals surface area contributed by atoms with E-state index < -0.39 is 0 Å². The predicted octanol–water partition coefficient (Wildman–Crippen LogP) is 4.06. The molecule has 0 aliphatic heterocycles. The van der Waals surface area contributed by atoms with Gasteiger partial charge in [-0.15, -0.1) is 0 Å². The SMILES string of the molecule is COc1ccc(C)cc1CNc1cc(C)cc(F)c1. The van der Waals surface area contributed by atoms with Crippen molar-refractivity contribution in [3.05, 3.63) is 58.9 Å². The van der Waals surface area contributed by atoms with Crippen molar-refractivity contribution in [3.8, 4) is 5.75 Å². The second kappa shape index (κ2) is 5.74. The van der Waals surface area contributed by atoms with Gasteiger partial charge in [0.2, 0.25) is 0 Å². The molecule has 0 bridgehead atoms. The third kappa shape index (κ3) is 3.47. The Hall–Kier alpha value is -2.03. The largest absolute Gasteiger partial charge is 0.496 e. The molecule has 0 heterocycles. The highest BCUT2D eigenvalue weighted by molar-refractivity contribution is 5.48. The predicted molar refractivity (Wildman–Crippen MR) is 76.2 cm³/mol. The standard InChI is InChI=1S/C16H18FNO/c1-11-4-5-16(19-3)13(6-11)10-18-15-8-12(2)7-14(17)9-15/h4-9,18H,10H2,1-3H3. The van der Waals surface area contributed by atoms with Gasteiger partial charge in [0.05, 0.1) is 7.11 Å². The van der Waals surface area contributed by atoms with E-state index in [0.29, 0.717) is 6.54 Å². The first kappa shape index (κ1) is 13.4. The number of methoxy groups -OCH3 is 1. The fraction of sp³-hybridized carbons (Fsp3) is 0.250. The minimum Gasteiger partial charge on any atom is -0.496 e. The maximum Gasteiger partial charge on any atom is 0.125 e. The lowest BCUT2D eigenvalue weighted by atomic mass is 10.1. The van der Waals surface area contributed by atoms with Crippen LogP contribution < -0.4 is 10.1 Å². The summed E-state index contributed by atoms with van der Waals surface area (Å²) in [6.45, 7) is 4.52. The molecule has 2 rings (SSSR count). The van der Waals surface area contributed by atoms with Crippen molar-refractivity contribution in [3.63, 3.8) is 0 Å². The lowest BCUT2D eigenvalue weighted by Gasteiger charge is -2.12. The average Bonchev–Trinajstić information content (AvgIpc) is 2.35. The zero-order valence-electron chi connectivity index (χ0n) is 11.5. The van der Waals surface area contributed by atoms with Crippen molar-refractivity contribution in [1.82, 2.24) is 0 Å². The van der Waals surface area contributed by atoms with Gasteiger partial charge in [-0.2, -0.15) is 0 Å². The topological polar surface area (TPSA) is 21.3 Å². The molecule has 0 aliphatic rings. The monoisotopic (exact) mass is 259 g/mol. The third-order valence-corrected chi connectivity index (χ3v) is 2.96. The number of aryl methyl sites for hydroxylation is 2. The normalized spacial score (nSPS) is 10.3. The van der Waals surface area contributed by atoms with Gasteiger partial charge in [-0.25, -0.2) is 4.39 Å². The molecule has 0 amide bonds. The van der Waals surface area contributed by atoms with E-state index in [9.17, 15) is 4.39 Å². The van der Waals surface area contributed by atoms with Crippen LogP contribution in [0.25, 0.3) is 0 Å². The van der Waals surface area contributed by atoms with Crippen molar-refractivity contribution in [1.29, 1.82) is 0 Å². The van der Waals surface area contributed by atoms with Gasteiger partial charge >= 0.3 is 0 Å². The maximum absolute atomic E-state index is 13.3. The summed E-state index contributed by atoms with van der Waals surface area (Å²) < 4.78 is 18.6. The Balaban J connectivity index is 2.16. The Labute approximate surface area is 113 Å². The molecule has 3 heteroatoms. The molecule has 0 saturated carbocycles. The molecule has 1 N–H and O–H groups in total. The smallest absolute Gasteiger partial charge is 0.125 e. The highest BCUT2D eigenvalue weighted by atomic mass is 19.1. The second-order valence-electron chi connectivity index (χ2n) is 4.69. The van der Waals surface area contributed by atoms with Crippen molar-refractivity contribution in [2.75, 3.05) is 12.4 Å². The molecule has 2 aromatic carbocycles. The van der Waals surface area contributed by atoms with E-state index >= 15 is 0 Å². The van der Waals surface area contributed by atoms with Crippen LogP contribution in [0.3, 0.4) is 0 Å². The van der Waals surface area contributed by atoms with Crippen LogP contribution in [-0.2, 0) is 6.54 Å². The first-order valence-corrected chi connectivity index (χ1v) is 6.23. The van der Waals surface area contributed by atoms with Gasteiger partial charge in [-0.1, -0.05) is 17.7 Å². The van der Waals surface area contributed by atoms with Crippen LogP contribution in [0.15, 0.2) is 36.4 Å². The summed E-state index contributed by atoms with van der Waals surface area (Å²) in [6.07, 6.45) is 0. The molecular formula is C16H18FNO. The summed E-state index contributed by atoms with van der Waals surface area (Å²) >= 11 is 0. The number of ether oxygens (including phenoxy) is 1.